The molecule has 0 aliphatic carbocycles. The molecule has 10 nitrogen and oxygen atoms in total. The van der Waals surface area contributed by atoms with Crippen LogP contribution in [0.2, 0.25) is 5.54 Å². The fourth-order valence-corrected chi connectivity index (χ4v) is 4.64. The molecule has 2 rings (SSSR count). The van der Waals surface area contributed by atoms with Crippen LogP contribution in [0.25, 0.3) is 0 Å². The highest BCUT2D eigenvalue weighted by molar-refractivity contribution is 6.46. The smallest absolute Gasteiger partial charge is 0.323 e. The third-order valence-corrected chi connectivity index (χ3v) is 6.72. The molecule has 2 heterocycles. The Morgan fingerprint density at radius 3 is 2.71 bits per heavy atom. The van der Waals surface area contributed by atoms with Crippen LogP contribution in [0.5, 0.6) is 0 Å². The number of aliphatic hydroxyl groups excluding tert-OH is 1. The van der Waals surface area contributed by atoms with Gasteiger partial charge in [-0.05, 0) is 12.5 Å². The van der Waals surface area contributed by atoms with Crippen LogP contribution in [0.1, 0.15) is 19.4 Å². The first-order valence-electron chi connectivity index (χ1n) is 9.03. The lowest BCUT2D eigenvalue weighted by Gasteiger charge is -2.29. The van der Waals surface area contributed by atoms with Gasteiger partial charge in [0.2, 0.25) is 5.95 Å². The first kappa shape index (κ1) is 22.5. The van der Waals surface area contributed by atoms with E-state index >= 15 is 0 Å². The van der Waals surface area contributed by atoms with Crippen LogP contribution in [0.15, 0.2) is 17.6 Å². The largest absolute Gasteiger partial charge is 0.400 e. The van der Waals surface area contributed by atoms with Gasteiger partial charge in [-0.15, -0.1) is 0 Å². The first-order chi connectivity index (χ1) is 13.2. The van der Waals surface area contributed by atoms with Crippen LogP contribution in [0.4, 0.5) is 11.8 Å². The van der Waals surface area contributed by atoms with Gasteiger partial charge in [-0.1, -0.05) is 20.4 Å². The summed E-state index contributed by atoms with van der Waals surface area (Å²) < 4.78 is 22.8. The van der Waals surface area contributed by atoms with Crippen molar-refractivity contribution in [2.75, 3.05) is 31.5 Å². The molecular formula is C17H30N4O6Si. The second kappa shape index (κ2) is 9.63. The number of nitrogens with one attached hydrogen (secondary N) is 1. The maximum absolute atomic E-state index is 12.0. The minimum absolute atomic E-state index is 0.0426. The molecule has 0 amide bonds. The number of nitrogen functional groups attached to an aromatic ring is 1. The molecule has 158 valence electrons. The Morgan fingerprint density at radius 1 is 1.50 bits per heavy atom. The van der Waals surface area contributed by atoms with Crippen molar-refractivity contribution >= 4 is 21.0 Å². The van der Waals surface area contributed by atoms with Crippen molar-refractivity contribution in [3.05, 3.63) is 28.7 Å². The van der Waals surface area contributed by atoms with Gasteiger partial charge in [0.15, 0.2) is 6.23 Å². The number of ether oxygens (including phenoxy) is 2. The molecule has 1 saturated heterocycles. The van der Waals surface area contributed by atoms with Gasteiger partial charge in [0.25, 0.3) is 5.56 Å². The molecular weight excluding hydrogens is 384 g/mol. The van der Waals surface area contributed by atoms with Gasteiger partial charge in [0.05, 0.1) is 12.2 Å². The van der Waals surface area contributed by atoms with E-state index in [4.69, 9.17) is 24.1 Å². The second-order valence-corrected chi connectivity index (χ2v) is 9.80. The summed E-state index contributed by atoms with van der Waals surface area (Å²) in [5, 5.41) is 10.8. The van der Waals surface area contributed by atoms with Crippen molar-refractivity contribution in [1.82, 2.24) is 9.97 Å². The standard InChI is InChI=1S/C17H30N4O6Si/c1-7-21(14-10(4)15(23)20-17(18)19-14)16-12(22)13(24-5)11(27-16)8-26-28(25-6)9(2)3/h7,9,11-13,16,22,28H,1,8H2,2-6H3,(H3,18,19,20,23)/t11-,12-,13-,16-,28?/m1/s1. The Balaban J connectivity index is 2.25. The number of H-pyrrole nitrogens is 1. The van der Waals surface area contributed by atoms with E-state index in [9.17, 15) is 9.90 Å². The van der Waals surface area contributed by atoms with Crippen molar-refractivity contribution in [3.8, 4) is 0 Å². The van der Waals surface area contributed by atoms with E-state index in [1.807, 2.05) is 13.8 Å². The van der Waals surface area contributed by atoms with E-state index < -0.39 is 33.8 Å². The average molecular weight is 415 g/mol. The highest BCUT2D eigenvalue weighted by Crippen LogP contribution is 2.30. The molecule has 0 aromatic carbocycles. The van der Waals surface area contributed by atoms with Crippen LogP contribution in [-0.4, -0.2) is 69.7 Å². The van der Waals surface area contributed by atoms with Crippen LogP contribution in [0.3, 0.4) is 0 Å². The maximum Gasteiger partial charge on any atom is 0.323 e. The number of hydrogen-bond donors (Lipinski definition) is 3. The van der Waals surface area contributed by atoms with Crippen LogP contribution < -0.4 is 16.2 Å². The Kier molecular flexibility index (Phi) is 7.75. The molecule has 1 aliphatic rings. The number of aliphatic hydroxyl groups is 1. The number of nitrogens with zero attached hydrogens (tertiary/aromatic N) is 2. The molecule has 0 spiro atoms. The summed E-state index contributed by atoms with van der Waals surface area (Å²) >= 11 is 0. The zero-order chi connectivity index (χ0) is 21.0. The Morgan fingerprint density at radius 2 is 2.18 bits per heavy atom. The Hall–Kier alpha value is -1.76. The number of anilines is 2. The molecule has 0 radical (unpaired) electrons. The van der Waals surface area contributed by atoms with Crippen molar-refractivity contribution in [2.45, 2.75) is 50.9 Å². The third kappa shape index (κ3) is 4.62. The lowest BCUT2D eigenvalue weighted by molar-refractivity contribution is -0.0346. The molecule has 1 aromatic heterocycles. The summed E-state index contributed by atoms with van der Waals surface area (Å²) in [5.41, 5.74) is 5.90. The highest BCUT2D eigenvalue weighted by Gasteiger charge is 2.47. The molecule has 0 saturated carbocycles. The number of hydrogen-bond acceptors (Lipinski definition) is 9. The quantitative estimate of drug-likeness (QED) is 0.478. The van der Waals surface area contributed by atoms with Crippen LogP contribution in [0, 0.1) is 6.92 Å². The molecule has 1 aromatic rings. The van der Waals surface area contributed by atoms with Gasteiger partial charge in [0, 0.05) is 20.4 Å². The molecule has 1 aliphatic heterocycles. The predicted octanol–water partition coefficient (Wildman–Crippen LogP) is 0.00472. The minimum Gasteiger partial charge on any atom is -0.400 e. The minimum atomic E-state index is -1.86. The SMILES string of the molecule is C=CN(c1nc(N)[nH]c(=O)c1C)[C@@H]1O[C@H](CO[SiH](OC)C(C)C)[C@@H](OC)[C@H]1O. The third-order valence-electron chi connectivity index (χ3n) is 4.64. The fraction of sp³-hybridized carbons (Fsp3) is 0.647. The van der Waals surface area contributed by atoms with Gasteiger partial charge >= 0.3 is 9.28 Å². The molecule has 5 atom stereocenters. The van der Waals surface area contributed by atoms with Crippen molar-refractivity contribution in [3.63, 3.8) is 0 Å². The first-order valence-corrected chi connectivity index (χ1v) is 10.6. The van der Waals surface area contributed by atoms with E-state index in [1.54, 1.807) is 14.0 Å². The monoisotopic (exact) mass is 414 g/mol. The fourth-order valence-electron chi connectivity index (χ4n) is 3.20. The summed E-state index contributed by atoms with van der Waals surface area (Å²) in [4.78, 5) is 20.1. The second-order valence-electron chi connectivity index (χ2n) is 6.93. The van der Waals surface area contributed by atoms with Crippen molar-refractivity contribution in [2.24, 2.45) is 0 Å². The summed E-state index contributed by atoms with van der Waals surface area (Å²) in [7, 11) is 1.26. The lowest BCUT2D eigenvalue weighted by atomic mass is 10.1. The number of rotatable bonds is 9. The van der Waals surface area contributed by atoms with E-state index in [0.29, 0.717) is 5.56 Å². The molecule has 1 fully saturated rings. The van der Waals surface area contributed by atoms with Gasteiger partial charge in [-0.3, -0.25) is 9.78 Å². The average Bonchev–Trinajstić information content (AvgIpc) is 2.95. The lowest BCUT2D eigenvalue weighted by Crippen LogP contribution is -2.43. The molecule has 28 heavy (non-hydrogen) atoms. The van der Waals surface area contributed by atoms with Gasteiger partial charge in [-0.25, -0.2) is 0 Å². The zero-order valence-corrected chi connectivity index (χ0v) is 18.1. The summed E-state index contributed by atoms with van der Waals surface area (Å²) in [5.74, 6) is 0.210. The number of methoxy groups -OCH3 is 1. The maximum atomic E-state index is 12.0. The van der Waals surface area contributed by atoms with E-state index in [2.05, 4.69) is 16.5 Å². The predicted molar refractivity (Wildman–Crippen MR) is 107 cm³/mol. The molecule has 1 unspecified atom stereocenters. The summed E-state index contributed by atoms with van der Waals surface area (Å²) in [6.07, 6.45) is -1.63. The number of aromatic nitrogens is 2. The van der Waals surface area contributed by atoms with Crippen LogP contribution >= 0.6 is 0 Å². The van der Waals surface area contributed by atoms with Gasteiger partial charge < -0.3 is 34.1 Å². The Bertz CT molecular complexity index is 730. The van der Waals surface area contributed by atoms with E-state index in [1.165, 1.54) is 18.2 Å². The number of aromatic amines is 1. The molecule has 4 N–H and O–H groups in total. The van der Waals surface area contributed by atoms with Gasteiger partial charge in [0.1, 0.15) is 24.1 Å². The van der Waals surface area contributed by atoms with Crippen LogP contribution in [-0.2, 0) is 18.3 Å². The Labute approximate surface area is 166 Å². The van der Waals surface area contributed by atoms with Crippen molar-refractivity contribution < 1.29 is 23.4 Å². The number of nitrogens with two attached hydrogens (primary N) is 1. The topological polar surface area (TPSA) is 132 Å². The van der Waals surface area contributed by atoms with Gasteiger partial charge in [-0.2, -0.15) is 4.98 Å². The zero-order valence-electron chi connectivity index (χ0n) is 16.9. The highest BCUT2D eigenvalue weighted by atomic mass is 28.3. The normalized spacial score (nSPS) is 25.8. The molecule has 0 bridgehead atoms. The van der Waals surface area contributed by atoms with E-state index in [0.717, 1.165) is 0 Å². The molecule has 11 heteroatoms. The summed E-state index contributed by atoms with van der Waals surface area (Å²) in [6.45, 7) is 9.64. The van der Waals surface area contributed by atoms with Crippen molar-refractivity contribution in [1.29, 1.82) is 0 Å². The summed E-state index contributed by atoms with van der Waals surface area (Å²) in [6, 6.07) is 0. The van der Waals surface area contributed by atoms with E-state index in [-0.39, 0.29) is 29.5 Å².